The Balaban J connectivity index is 1.23. The molecular formula is C35H35N5O3S. The summed E-state index contributed by atoms with van der Waals surface area (Å²) >= 11 is 1.71. The van der Waals surface area contributed by atoms with E-state index in [0.717, 1.165) is 86.4 Å². The van der Waals surface area contributed by atoms with Gasteiger partial charge in [-0.05, 0) is 92.1 Å². The second kappa shape index (κ2) is 10.5. The quantitative estimate of drug-likeness (QED) is 0.243. The molecule has 5 heterocycles. The van der Waals surface area contributed by atoms with Gasteiger partial charge in [-0.3, -0.25) is 9.59 Å². The number of nitrogens with zero attached hydrogens (tertiary/aromatic N) is 3. The molecule has 1 aliphatic carbocycles. The molecule has 2 aromatic carbocycles. The first-order valence-electron chi connectivity index (χ1n) is 15.5. The minimum atomic E-state index is -0.0135. The summed E-state index contributed by atoms with van der Waals surface area (Å²) in [5.74, 6) is 1.37. The van der Waals surface area contributed by atoms with Crippen LogP contribution in [0.5, 0.6) is 5.75 Å². The summed E-state index contributed by atoms with van der Waals surface area (Å²) in [7, 11) is 1.68. The van der Waals surface area contributed by atoms with Crippen molar-refractivity contribution >= 4 is 44.3 Å². The Bertz CT molecular complexity index is 1990. The molecule has 2 amide bonds. The van der Waals surface area contributed by atoms with E-state index in [1.807, 2.05) is 29.2 Å². The number of benzene rings is 2. The zero-order valence-corrected chi connectivity index (χ0v) is 25.8. The van der Waals surface area contributed by atoms with Crippen molar-refractivity contribution < 1.29 is 14.3 Å². The Morgan fingerprint density at radius 1 is 1.14 bits per heavy atom. The van der Waals surface area contributed by atoms with Gasteiger partial charge >= 0.3 is 0 Å². The molecule has 1 saturated heterocycles. The SMILES string of the molecule is COc1cc(C(=O)N2CCCC(N)C2)cc2sc(-c3cc4ccc(-c5ccc6c(c5)CNC6=O)nc4n3CC3CC3)c(C)c12. The lowest BCUT2D eigenvalue weighted by Crippen LogP contribution is -2.45. The number of nitrogens with two attached hydrogens (primary N) is 1. The smallest absolute Gasteiger partial charge is 0.254 e. The number of methoxy groups -OCH3 is 1. The van der Waals surface area contributed by atoms with Gasteiger partial charge in [0.05, 0.1) is 23.4 Å². The molecule has 9 heteroatoms. The summed E-state index contributed by atoms with van der Waals surface area (Å²) in [6.45, 7) is 4.95. The highest BCUT2D eigenvalue weighted by atomic mass is 32.1. The maximum atomic E-state index is 13.5. The Morgan fingerprint density at radius 3 is 2.80 bits per heavy atom. The van der Waals surface area contributed by atoms with Crippen LogP contribution >= 0.6 is 11.3 Å². The number of hydrogen-bond donors (Lipinski definition) is 2. The predicted octanol–water partition coefficient (Wildman–Crippen LogP) is 6.12. The highest BCUT2D eigenvalue weighted by Gasteiger charge is 2.28. The van der Waals surface area contributed by atoms with Gasteiger partial charge in [0.2, 0.25) is 0 Å². The van der Waals surface area contributed by atoms with Crippen molar-refractivity contribution in [1.82, 2.24) is 19.8 Å². The van der Waals surface area contributed by atoms with Gasteiger partial charge in [0.25, 0.3) is 11.8 Å². The third-order valence-electron chi connectivity index (χ3n) is 9.40. The van der Waals surface area contributed by atoms with Crippen LogP contribution in [0.15, 0.2) is 48.5 Å². The van der Waals surface area contributed by atoms with Crippen LogP contribution in [0.3, 0.4) is 0 Å². The fourth-order valence-electron chi connectivity index (χ4n) is 6.86. The molecule has 8 rings (SSSR count). The Labute approximate surface area is 259 Å². The topological polar surface area (TPSA) is 102 Å². The summed E-state index contributed by atoms with van der Waals surface area (Å²) in [4.78, 5) is 33.9. The van der Waals surface area contributed by atoms with Crippen LogP contribution in [0.2, 0.25) is 0 Å². The standard InChI is InChI=1S/C35H35N5O3S/c1-19-31-29(43-2)14-23(35(42)39-11-3-4-25(36)18-39)15-30(31)44-32(19)28-13-22-8-10-27(38-33(22)40(28)17-20-5-6-20)21-7-9-26-24(12-21)16-37-34(26)41/h7-10,12-15,20,25H,3-6,11,16-18,36H2,1-2H3,(H,37,41). The van der Waals surface area contributed by atoms with Crippen LogP contribution in [0.4, 0.5) is 0 Å². The number of aromatic nitrogens is 2. The van der Waals surface area contributed by atoms with Gasteiger partial charge < -0.3 is 25.3 Å². The molecule has 3 aliphatic rings. The van der Waals surface area contributed by atoms with Gasteiger partial charge in [0.1, 0.15) is 11.4 Å². The van der Waals surface area contributed by atoms with Crippen molar-refractivity contribution in [2.75, 3.05) is 20.2 Å². The number of carbonyl (C=O) groups excluding carboxylic acids is 2. The number of rotatable bonds is 6. The number of hydrogen-bond acceptors (Lipinski definition) is 6. The molecule has 3 aromatic heterocycles. The Morgan fingerprint density at radius 2 is 2.00 bits per heavy atom. The van der Waals surface area contributed by atoms with Gasteiger partial charge in [0, 0.05) is 64.4 Å². The van der Waals surface area contributed by atoms with E-state index in [1.165, 1.54) is 17.7 Å². The highest BCUT2D eigenvalue weighted by Crippen LogP contribution is 2.45. The van der Waals surface area contributed by atoms with Crippen molar-refractivity contribution in [2.24, 2.45) is 11.7 Å². The van der Waals surface area contributed by atoms with Crippen LogP contribution < -0.4 is 15.8 Å². The van der Waals surface area contributed by atoms with Gasteiger partial charge in [-0.2, -0.15) is 0 Å². The molecule has 0 bridgehead atoms. The molecule has 8 nitrogen and oxygen atoms in total. The Kier molecular flexibility index (Phi) is 6.50. The molecule has 3 N–H and O–H groups in total. The average molecular weight is 606 g/mol. The van der Waals surface area contributed by atoms with Crippen LogP contribution in [0.25, 0.3) is 42.9 Å². The lowest BCUT2D eigenvalue weighted by atomic mass is 10.0. The van der Waals surface area contributed by atoms with E-state index in [0.29, 0.717) is 24.6 Å². The first kappa shape index (κ1) is 27.3. The van der Waals surface area contributed by atoms with Crippen molar-refractivity contribution in [2.45, 2.75) is 51.7 Å². The van der Waals surface area contributed by atoms with Crippen molar-refractivity contribution in [3.63, 3.8) is 0 Å². The van der Waals surface area contributed by atoms with Gasteiger partial charge in [-0.25, -0.2) is 4.98 Å². The third kappa shape index (κ3) is 4.57. The molecule has 1 saturated carbocycles. The van der Waals surface area contributed by atoms with Gasteiger partial charge in [-0.15, -0.1) is 11.3 Å². The number of likely N-dealkylation sites (tertiary alicyclic amines) is 1. The summed E-state index contributed by atoms with van der Waals surface area (Å²) in [6, 6.07) is 16.4. The number of carbonyl (C=O) groups is 2. The summed E-state index contributed by atoms with van der Waals surface area (Å²) in [5, 5.41) is 5.06. The number of nitrogens with one attached hydrogen (secondary N) is 1. The molecular weight excluding hydrogens is 570 g/mol. The van der Waals surface area contributed by atoms with Crippen LogP contribution in [0.1, 0.15) is 57.5 Å². The van der Waals surface area contributed by atoms with Crippen LogP contribution in [0, 0.1) is 12.8 Å². The molecule has 0 spiro atoms. The number of thiophene rings is 1. The molecule has 224 valence electrons. The highest BCUT2D eigenvalue weighted by molar-refractivity contribution is 7.22. The number of ether oxygens (including phenoxy) is 1. The normalized spacial score (nSPS) is 18.2. The predicted molar refractivity (Wildman–Crippen MR) is 174 cm³/mol. The molecule has 2 fully saturated rings. The first-order valence-corrected chi connectivity index (χ1v) is 16.3. The van der Waals surface area contributed by atoms with Crippen LogP contribution in [-0.2, 0) is 13.1 Å². The zero-order valence-electron chi connectivity index (χ0n) is 25.0. The second-order valence-corrected chi connectivity index (χ2v) is 13.6. The van der Waals surface area contributed by atoms with Crippen LogP contribution in [-0.4, -0.2) is 52.5 Å². The minimum absolute atomic E-state index is 0.0132. The lowest BCUT2D eigenvalue weighted by Gasteiger charge is -2.30. The number of piperidine rings is 1. The fraction of sp³-hybridized carbons (Fsp3) is 0.343. The van der Waals surface area contributed by atoms with E-state index < -0.39 is 0 Å². The number of aryl methyl sites for hydroxylation is 1. The van der Waals surface area contributed by atoms with E-state index in [1.54, 1.807) is 18.4 Å². The van der Waals surface area contributed by atoms with E-state index >= 15 is 0 Å². The maximum Gasteiger partial charge on any atom is 0.254 e. The summed E-state index contributed by atoms with van der Waals surface area (Å²) in [5.41, 5.74) is 13.8. The van der Waals surface area contributed by atoms with Gasteiger partial charge in [0.15, 0.2) is 0 Å². The maximum absolute atomic E-state index is 13.5. The van der Waals surface area contributed by atoms with Crippen molar-refractivity contribution in [1.29, 1.82) is 0 Å². The number of fused-ring (bicyclic) bond motifs is 3. The molecule has 44 heavy (non-hydrogen) atoms. The summed E-state index contributed by atoms with van der Waals surface area (Å²) < 4.78 is 9.32. The molecule has 1 unspecified atom stereocenters. The first-order chi connectivity index (χ1) is 21.4. The molecule has 0 radical (unpaired) electrons. The molecule has 5 aromatic rings. The molecule has 1 atom stereocenters. The zero-order chi connectivity index (χ0) is 30.1. The van der Waals surface area contributed by atoms with E-state index in [4.69, 9.17) is 15.5 Å². The molecule has 2 aliphatic heterocycles. The third-order valence-corrected chi connectivity index (χ3v) is 10.7. The van der Waals surface area contributed by atoms with E-state index in [-0.39, 0.29) is 17.9 Å². The minimum Gasteiger partial charge on any atom is -0.496 e. The van der Waals surface area contributed by atoms with E-state index in [9.17, 15) is 9.59 Å². The monoisotopic (exact) mass is 605 g/mol. The largest absolute Gasteiger partial charge is 0.496 e. The average Bonchev–Trinajstić information content (AvgIpc) is 3.57. The second-order valence-electron chi connectivity index (χ2n) is 12.5. The van der Waals surface area contributed by atoms with Crippen molar-refractivity contribution in [3.05, 3.63) is 70.8 Å². The lowest BCUT2D eigenvalue weighted by molar-refractivity contribution is 0.0708. The summed E-state index contributed by atoms with van der Waals surface area (Å²) in [6.07, 6.45) is 4.35. The Hall–Kier alpha value is -4.21. The fourth-order valence-corrected chi connectivity index (χ4v) is 8.15. The van der Waals surface area contributed by atoms with Gasteiger partial charge in [-0.1, -0.05) is 6.07 Å². The van der Waals surface area contributed by atoms with Crippen molar-refractivity contribution in [3.8, 4) is 27.6 Å². The van der Waals surface area contributed by atoms with E-state index in [2.05, 4.69) is 41.1 Å². The number of pyridine rings is 1. The number of amides is 2.